The molecule has 0 amide bonds. The lowest BCUT2D eigenvalue weighted by Crippen LogP contribution is -2.21. The van der Waals surface area contributed by atoms with E-state index in [4.69, 9.17) is 9.72 Å². The predicted octanol–water partition coefficient (Wildman–Crippen LogP) is 4.16. The maximum absolute atomic E-state index is 11.4. The van der Waals surface area contributed by atoms with E-state index < -0.39 is 5.97 Å². The Labute approximate surface area is 155 Å². The number of hydrogen-bond acceptors (Lipinski definition) is 5. The van der Waals surface area contributed by atoms with Gasteiger partial charge in [-0.05, 0) is 50.5 Å². The first-order valence-corrected chi connectivity index (χ1v) is 9.61. The molecule has 136 valence electrons. The maximum Gasteiger partial charge on any atom is 0.306 e. The van der Waals surface area contributed by atoms with Crippen LogP contribution in [0.2, 0.25) is 0 Å². The van der Waals surface area contributed by atoms with E-state index >= 15 is 0 Å². The van der Waals surface area contributed by atoms with Crippen LogP contribution < -0.4 is 4.74 Å². The van der Waals surface area contributed by atoms with Gasteiger partial charge in [0.05, 0.1) is 34.1 Å². The van der Waals surface area contributed by atoms with Gasteiger partial charge in [0.1, 0.15) is 5.75 Å². The minimum atomic E-state index is -0.684. The van der Waals surface area contributed by atoms with Crippen molar-refractivity contribution in [3.8, 4) is 11.4 Å². The minimum absolute atomic E-state index is 0.228. The summed E-state index contributed by atoms with van der Waals surface area (Å²) >= 11 is 1.66. The monoisotopic (exact) mass is 371 g/mol. The first-order chi connectivity index (χ1) is 12.6. The number of rotatable bonds is 4. The molecular weight excluding hydrogens is 350 g/mol. The number of carbonyl (C=O) groups is 1. The van der Waals surface area contributed by atoms with Crippen LogP contribution in [0.4, 0.5) is 0 Å². The molecule has 1 N–H and O–H groups in total. The van der Waals surface area contributed by atoms with Gasteiger partial charge >= 0.3 is 5.97 Å². The van der Waals surface area contributed by atoms with Gasteiger partial charge in [0, 0.05) is 5.92 Å². The zero-order chi connectivity index (χ0) is 18.3. The highest BCUT2D eigenvalue weighted by Gasteiger charge is 2.30. The molecule has 0 aliphatic heterocycles. The molecule has 2 atom stereocenters. The molecular formula is C19H21N3O3S. The number of benzene rings is 1. The zero-order valence-corrected chi connectivity index (χ0v) is 15.6. The number of aromatic nitrogens is 3. The van der Waals surface area contributed by atoms with Crippen molar-refractivity contribution in [3.05, 3.63) is 35.0 Å². The Morgan fingerprint density at radius 2 is 2.08 bits per heavy atom. The van der Waals surface area contributed by atoms with Crippen molar-refractivity contribution >= 4 is 27.7 Å². The van der Waals surface area contributed by atoms with E-state index in [1.54, 1.807) is 18.4 Å². The molecule has 3 aromatic rings. The molecule has 2 heterocycles. The van der Waals surface area contributed by atoms with Crippen LogP contribution in [0.5, 0.6) is 5.75 Å². The molecule has 1 saturated carbocycles. The van der Waals surface area contributed by atoms with Crippen LogP contribution in [-0.4, -0.2) is 33.0 Å². The second-order valence-electron chi connectivity index (χ2n) is 6.80. The van der Waals surface area contributed by atoms with E-state index in [2.05, 4.69) is 5.10 Å². The van der Waals surface area contributed by atoms with Crippen LogP contribution in [0.25, 0.3) is 16.0 Å². The van der Waals surface area contributed by atoms with Crippen LogP contribution in [-0.2, 0) is 4.79 Å². The van der Waals surface area contributed by atoms with Crippen molar-refractivity contribution in [2.45, 2.75) is 38.5 Å². The number of aryl methyl sites for hydroxylation is 1. The molecule has 1 aliphatic carbocycles. The Hall–Kier alpha value is -2.41. The van der Waals surface area contributed by atoms with E-state index in [1.165, 1.54) is 0 Å². The summed E-state index contributed by atoms with van der Waals surface area (Å²) in [4.78, 5) is 16.2. The van der Waals surface area contributed by atoms with Gasteiger partial charge in [0.25, 0.3) is 0 Å². The lowest BCUT2D eigenvalue weighted by molar-refractivity contribution is -0.142. The zero-order valence-electron chi connectivity index (χ0n) is 14.8. The molecule has 0 unspecified atom stereocenters. The third-order valence-electron chi connectivity index (χ3n) is 5.09. The molecule has 7 heteroatoms. The molecule has 0 radical (unpaired) electrons. The third-order valence-corrected chi connectivity index (χ3v) is 6.41. The van der Waals surface area contributed by atoms with Crippen LogP contribution in [0.3, 0.4) is 0 Å². The van der Waals surface area contributed by atoms with Gasteiger partial charge in [0.15, 0.2) is 5.65 Å². The van der Waals surface area contributed by atoms with Crippen molar-refractivity contribution in [2.75, 3.05) is 7.11 Å². The quantitative estimate of drug-likeness (QED) is 0.745. The standard InChI is InChI=1S/C19H21N3O3S/c1-11-16-17(22(21-11)14-6-8-15(25-2)9-7-14)20-18(26-16)12-4-3-5-13(10-12)19(23)24/h6-9,12-13H,3-5,10H2,1-2H3,(H,23,24)/t12-,13+/m0/s1. The van der Waals surface area contributed by atoms with Crippen molar-refractivity contribution in [2.24, 2.45) is 5.92 Å². The number of carboxylic acids is 1. The number of methoxy groups -OCH3 is 1. The Balaban J connectivity index is 1.70. The minimum Gasteiger partial charge on any atom is -0.497 e. The van der Waals surface area contributed by atoms with Crippen molar-refractivity contribution in [1.82, 2.24) is 14.8 Å². The van der Waals surface area contributed by atoms with Gasteiger partial charge in [-0.15, -0.1) is 11.3 Å². The van der Waals surface area contributed by atoms with Crippen LogP contribution in [0.1, 0.15) is 42.3 Å². The van der Waals surface area contributed by atoms with Crippen molar-refractivity contribution in [1.29, 1.82) is 0 Å². The number of ether oxygens (including phenoxy) is 1. The summed E-state index contributed by atoms with van der Waals surface area (Å²) in [6, 6.07) is 7.74. The number of carboxylic acid groups (broad SMARTS) is 1. The maximum atomic E-state index is 11.4. The smallest absolute Gasteiger partial charge is 0.306 e. The summed E-state index contributed by atoms with van der Waals surface area (Å²) in [5.74, 6) is 0.0945. The van der Waals surface area contributed by atoms with E-state index in [0.29, 0.717) is 6.42 Å². The third kappa shape index (κ3) is 2.96. The van der Waals surface area contributed by atoms with Gasteiger partial charge in [-0.2, -0.15) is 5.10 Å². The summed E-state index contributed by atoms with van der Waals surface area (Å²) in [5.41, 5.74) is 2.74. The highest BCUT2D eigenvalue weighted by atomic mass is 32.1. The van der Waals surface area contributed by atoms with Crippen molar-refractivity contribution < 1.29 is 14.6 Å². The number of hydrogen-bond donors (Lipinski definition) is 1. The molecule has 2 aromatic heterocycles. The van der Waals surface area contributed by atoms with E-state index in [-0.39, 0.29) is 11.8 Å². The highest BCUT2D eigenvalue weighted by Crippen LogP contribution is 2.40. The normalized spacial score (nSPS) is 20.4. The molecule has 4 rings (SSSR count). The molecule has 0 bridgehead atoms. The molecule has 0 saturated heterocycles. The molecule has 1 aliphatic rings. The summed E-state index contributed by atoms with van der Waals surface area (Å²) in [5, 5.41) is 15.0. The average Bonchev–Trinajstić information content (AvgIpc) is 3.23. The van der Waals surface area contributed by atoms with Crippen LogP contribution in [0.15, 0.2) is 24.3 Å². The lowest BCUT2D eigenvalue weighted by atomic mass is 9.82. The average molecular weight is 371 g/mol. The fourth-order valence-corrected chi connectivity index (χ4v) is 4.80. The fourth-order valence-electron chi connectivity index (χ4n) is 3.67. The summed E-state index contributed by atoms with van der Waals surface area (Å²) in [6.45, 7) is 1.99. The number of fused-ring (bicyclic) bond motifs is 1. The molecule has 1 fully saturated rings. The van der Waals surface area contributed by atoms with Gasteiger partial charge in [-0.3, -0.25) is 4.79 Å². The van der Waals surface area contributed by atoms with E-state index in [1.807, 2.05) is 35.9 Å². The summed E-state index contributed by atoms with van der Waals surface area (Å²) in [6.07, 6.45) is 3.41. The Morgan fingerprint density at radius 3 is 2.77 bits per heavy atom. The summed E-state index contributed by atoms with van der Waals surface area (Å²) < 4.78 is 8.16. The number of aliphatic carboxylic acids is 1. The van der Waals surface area contributed by atoms with Crippen LogP contribution in [0, 0.1) is 12.8 Å². The van der Waals surface area contributed by atoms with Crippen molar-refractivity contribution in [3.63, 3.8) is 0 Å². The molecule has 26 heavy (non-hydrogen) atoms. The van der Waals surface area contributed by atoms with Gasteiger partial charge in [-0.1, -0.05) is 6.42 Å². The largest absolute Gasteiger partial charge is 0.497 e. The molecule has 1 aromatic carbocycles. The van der Waals surface area contributed by atoms with E-state index in [9.17, 15) is 9.90 Å². The summed E-state index contributed by atoms with van der Waals surface area (Å²) in [7, 11) is 1.65. The van der Waals surface area contributed by atoms with E-state index in [0.717, 1.165) is 51.7 Å². The predicted molar refractivity (Wildman–Crippen MR) is 100 cm³/mol. The molecule has 0 spiro atoms. The first kappa shape index (κ1) is 17.0. The van der Waals surface area contributed by atoms with Crippen LogP contribution >= 0.6 is 11.3 Å². The van der Waals surface area contributed by atoms with Gasteiger partial charge < -0.3 is 9.84 Å². The fraction of sp³-hybridized carbons (Fsp3) is 0.421. The highest BCUT2D eigenvalue weighted by molar-refractivity contribution is 7.18. The Kier molecular flexibility index (Phi) is 4.40. The lowest BCUT2D eigenvalue weighted by Gasteiger charge is -2.24. The SMILES string of the molecule is COc1ccc(-n2nc(C)c3sc([C@H]4CCC[C@@H](C(=O)O)C4)nc32)cc1. The second-order valence-corrected chi connectivity index (χ2v) is 7.83. The van der Waals surface area contributed by atoms with Gasteiger partial charge in [-0.25, -0.2) is 9.67 Å². The van der Waals surface area contributed by atoms with Gasteiger partial charge in [0.2, 0.25) is 0 Å². The number of thiazole rings is 1. The number of nitrogens with zero attached hydrogens (tertiary/aromatic N) is 3. The first-order valence-electron chi connectivity index (χ1n) is 8.80. The Bertz CT molecular complexity index is 945. The Morgan fingerprint density at radius 1 is 1.31 bits per heavy atom. The topological polar surface area (TPSA) is 77.2 Å². The molecule has 6 nitrogen and oxygen atoms in total. The second kappa shape index (κ2) is 6.72.